The number of benzene rings is 2. The van der Waals surface area contributed by atoms with Crippen molar-refractivity contribution in [2.75, 3.05) is 26.2 Å². The fraction of sp³-hybridized carbons (Fsp3) is 0.500. The van der Waals surface area contributed by atoms with Crippen LogP contribution in [0.15, 0.2) is 36.4 Å². The molecular formula is C26H37NO5Si. The molecule has 1 saturated heterocycles. The summed E-state index contributed by atoms with van der Waals surface area (Å²) in [6, 6.07) is 11.6. The number of nitrogens with zero attached hydrogens (tertiary/aromatic N) is 1. The molecule has 0 radical (unpaired) electrons. The first-order valence-electron chi connectivity index (χ1n) is 11.2. The molecule has 1 fully saturated rings. The molecule has 2 aromatic rings. The smallest absolute Gasteiger partial charge is 0.250 e. The Kier molecular flexibility index (Phi) is 6.50. The minimum Gasteiger partial charge on any atom is -0.543 e. The Morgan fingerprint density at radius 3 is 2.00 bits per heavy atom. The Hall–Kier alpha value is -2.67. The van der Waals surface area contributed by atoms with E-state index >= 15 is 0 Å². The van der Waals surface area contributed by atoms with Crippen molar-refractivity contribution < 1.29 is 23.4 Å². The van der Waals surface area contributed by atoms with Crippen LogP contribution in [0.25, 0.3) is 0 Å². The Labute approximate surface area is 198 Å². The van der Waals surface area contributed by atoms with E-state index in [0.717, 1.165) is 11.3 Å². The Bertz CT molecular complexity index is 1020. The molecule has 2 aromatic carbocycles. The number of methoxy groups -OCH3 is 3. The van der Waals surface area contributed by atoms with E-state index in [4.69, 9.17) is 18.6 Å². The summed E-state index contributed by atoms with van der Waals surface area (Å²) in [5.41, 5.74) is 1.18. The molecule has 33 heavy (non-hydrogen) atoms. The van der Waals surface area contributed by atoms with Crippen molar-refractivity contribution in [3.8, 4) is 23.0 Å². The molecule has 0 saturated carbocycles. The zero-order valence-corrected chi connectivity index (χ0v) is 22.5. The molecule has 1 heterocycles. The van der Waals surface area contributed by atoms with Gasteiger partial charge >= 0.3 is 0 Å². The third-order valence-corrected chi connectivity index (χ3v) is 11.4. The average Bonchev–Trinajstić information content (AvgIpc) is 2.74. The zero-order valence-electron chi connectivity index (χ0n) is 21.5. The number of hydrogen-bond donors (Lipinski definition) is 0. The van der Waals surface area contributed by atoms with E-state index in [1.165, 1.54) is 0 Å². The Morgan fingerprint density at radius 1 is 0.939 bits per heavy atom. The first-order chi connectivity index (χ1) is 15.3. The highest BCUT2D eigenvalue weighted by molar-refractivity contribution is 6.74. The van der Waals surface area contributed by atoms with E-state index < -0.39 is 13.7 Å². The lowest BCUT2D eigenvalue weighted by Gasteiger charge is -2.53. The lowest BCUT2D eigenvalue weighted by atomic mass is 9.70. The number of anilines is 1. The van der Waals surface area contributed by atoms with E-state index in [-0.39, 0.29) is 17.0 Å². The van der Waals surface area contributed by atoms with Crippen molar-refractivity contribution in [2.45, 2.75) is 58.8 Å². The first-order valence-corrected chi connectivity index (χ1v) is 14.1. The maximum Gasteiger partial charge on any atom is 0.250 e. The summed E-state index contributed by atoms with van der Waals surface area (Å²) in [7, 11) is 2.72. The molecule has 1 aliphatic heterocycles. The summed E-state index contributed by atoms with van der Waals surface area (Å²) < 4.78 is 23.0. The van der Waals surface area contributed by atoms with Gasteiger partial charge in [-0.15, -0.1) is 0 Å². The maximum absolute atomic E-state index is 13.3. The van der Waals surface area contributed by atoms with Crippen molar-refractivity contribution in [1.29, 1.82) is 0 Å². The van der Waals surface area contributed by atoms with Crippen LogP contribution >= 0.6 is 0 Å². The molecule has 0 aromatic heterocycles. The molecule has 1 atom stereocenters. The molecule has 6 nitrogen and oxygen atoms in total. The number of carbonyl (C=O) groups excluding carboxylic acids is 1. The Balaban J connectivity index is 2.04. The van der Waals surface area contributed by atoms with Gasteiger partial charge in [-0.1, -0.05) is 32.9 Å². The number of carbonyl (C=O) groups is 1. The van der Waals surface area contributed by atoms with E-state index in [9.17, 15) is 4.79 Å². The quantitative estimate of drug-likeness (QED) is 0.355. The van der Waals surface area contributed by atoms with Crippen LogP contribution in [-0.2, 0) is 4.79 Å². The monoisotopic (exact) mass is 471 g/mol. The second-order valence-electron chi connectivity index (χ2n) is 10.6. The second-order valence-corrected chi connectivity index (χ2v) is 15.3. The highest BCUT2D eigenvalue weighted by Crippen LogP contribution is 2.54. The van der Waals surface area contributed by atoms with Gasteiger partial charge in [0.25, 0.3) is 0 Å². The number of amides is 1. The minimum atomic E-state index is -1.99. The largest absolute Gasteiger partial charge is 0.543 e. The molecule has 1 amide bonds. The number of rotatable bonds is 7. The number of hydrogen-bond acceptors (Lipinski definition) is 5. The molecular weight excluding hydrogens is 434 g/mol. The van der Waals surface area contributed by atoms with Gasteiger partial charge in [0.15, 0.2) is 11.5 Å². The van der Waals surface area contributed by atoms with Crippen molar-refractivity contribution in [3.63, 3.8) is 0 Å². The van der Waals surface area contributed by atoms with Crippen LogP contribution in [0.2, 0.25) is 18.1 Å². The number of ether oxygens (including phenoxy) is 3. The minimum absolute atomic E-state index is 0.0393. The molecule has 0 unspecified atom stereocenters. The topological polar surface area (TPSA) is 57.2 Å². The highest BCUT2D eigenvalue weighted by Gasteiger charge is 2.55. The van der Waals surface area contributed by atoms with Crippen molar-refractivity contribution in [3.05, 3.63) is 42.0 Å². The fourth-order valence-electron chi connectivity index (χ4n) is 4.04. The highest BCUT2D eigenvalue weighted by atomic mass is 28.4. The second kappa shape index (κ2) is 8.59. The van der Waals surface area contributed by atoms with Gasteiger partial charge in [-0.2, -0.15) is 0 Å². The Morgan fingerprint density at radius 2 is 1.52 bits per heavy atom. The lowest BCUT2D eigenvalue weighted by molar-refractivity contribution is -0.137. The SMILES string of the molecule is COc1cc(N2C(=O)C(C)(C)[C@@H]2c2cccc(O[Si](C)(C)C(C)(C)C)c2)cc(OC)c1OC. The molecule has 7 heteroatoms. The van der Waals surface area contributed by atoms with Gasteiger partial charge in [-0.25, -0.2) is 0 Å². The van der Waals surface area contributed by atoms with Gasteiger partial charge in [0.1, 0.15) is 5.75 Å². The fourth-order valence-corrected chi connectivity index (χ4v) is 5.06. The van der Waals surface area contributed by atoms with Gasteiger partial charge in [0.05, 0.1) is 38.5 Å². The summed E-state index contributed by atoms with van der Waals surface area (Å²) in [6.07, 6.45) is 0. The summed E-state index contributed by atoms with van der Waals surface area (Å²) in [5, 5.41) is 0.0942. The molecule has 0 N–H and O–H groups in total. The van der Waals surface area contributed by atoms with Gasteiger partial charge in [-0.05, 0) is 49.7 Å². The van der Waals surface area contributed by atoms with E-state index in [1.807, 2.05) is 38.1 Å². The van der Waals surface area contributed by atoms with Crippen LogP contribution in [-0.4, -0.2) is 35.6 Å². The summed E-state index contributed by atoms with van der Waals surface area (Å²) in [5.74, 6) is 2.41. The third-order valence-electron chi connectivity index (χ3n) is 6.99. The molecule has 0 spiro atoms. The molecule has 1 aliphatic rings. The van der Waals surface area contributed by atoms with Crippen LogP contribution in [0.5, 0.6) is 23.0 Å². The summed E-state index contributed by atoms with van der Waals surface area (Å²) in [6.45, 7) is 15.1. The molecule has 0 aliphatic carbocycles. The predicted octanol–water partition coefficient (Wildman–Crippen LogP) is 6.21. The van der Waals surface area contributed by atoms with Crippen LogP contribution in [0, 0.1) is 5.41 Å². The van der Waals surface area contributed by atoms with E-state index in [2.05, 4.69) is 46.0 Å². The molecule has 0 bridgehead atoms. The van der Waals surface area contributed by atoms with Crippen molar-refractivity contribution >= 4 is 19.9 Å². The number of β-lactam (4-membered cyclic amide) rings is 1. The summed E-state index contributed by atoms with van der Waals surface area (Å²) in [4.78, 5) is 15.1. The summed E-state index contributed by atoms with van der Waals surface area (Å²) >= 11 is 0. The third kappa shape index (κ3) is 4.30. The van der Waals surface area contributed by atoms with Crippen molar-refractivity contribution in [2.24, 2.45) is 5.41 Å². The van der Waals surface area contributed by atoms with Crippen LogP contribution in [0.1, 0.15) is 46.2 Å². The predicted molar refractivity (Wildman–Crippen MR) is 134 cm³/mol. The van der Waals surface area contributed by atoms with E-state index in [0.29, 0.717) is 22.9 Å². The lowest BCUT2D eigenvalue weighted by Crippen LogP contribution is -2.61. The standard InChI is InChI=1S/C26H37NO5Si/c1-25(2,3)33(9,10)32-19-13-11-12-17(14-19)23-26(4,5)24(28)27(23)18-15-20(29-6)22(31-8)21(16-18)30-7/h11-16,23H,1-10H3/t23-/m0/s1. The maximum atomic E-state index is 13.3. The van der Waals surface area contributed by atoms with Crippen LogP contribution in [0.3, 0.4) is 0 Å². The molecule has 3 rings (SSSR count). The van der Waals surface area contributed by atoms with Gasteiger partial charge < -0.3 is 23.5 Å². The normalized spacial score (nSPS) is 17.9. The van der Waals surface area contributed by atoms with Gasteiger partial charge in [-0.3, -0.25) is 4.79 Å². The van der Waals surface area contributed by atoms with Crippen molar-refractivity contribution in [1.82, 2.24) is 0 Å². The van der Waals surface area contributed by atoms with Gasteiger partial charge in [0, 0.05) is 12.1 Å². The van der Waals surface area contributed by atoms with Crippen LogP contribution < -0.4 is 23.5 Å². The van der Waals surface area contributed by atoms with Crippen LogP contribution in [0.4, 0.5) is 5.69 Å². The average molecular weight is 472 g/mol. The first kappa shape index (κ1) is 25.0. The van der Waals surface area contributed by atoms with E-state index in [1.54, 1.807) is 26.2 Å². The molecule has 180 valence electrons. The zero-order chi connectivity index (χ0) is 24.8. The van der Waals surface area contributed by atoms with Gasteiger partial charge in [0.2, 0.25) is 20.0 Å².